The molecule has 0 aromatic heterocycles. The molecule has 0 N–H and O–H groups in total. The van der Waals surface area contributed by atoms with Gasteiger partial charge in [0.05, 0.1) is 0 Å². The van der Waals surface area contributed by atoms with Crippen LogP contribution in [0.5, 0.6) is 0 Å². The second kappa shape index (κ2) is 1.82. The van der Waals surface area contributed by atoms with Crippen molar-refractivity contribution in [3.63, 3.8) is 0 Å². The van der Waals surface area contributed by atoms with Crippen LogP contribution in [-0.2, 0) is 0 Å². The molecule has 0 amide bonds. The van der Waals surface area contributed by atoms with Crippen molar-refractivity contribution in [2.75, 3.05) is 0 Å². The van der Waals surface area contributed by atoms with Crippen LogP contribution in [0.1, 0.15) is 6.42 Å². The molecule has 1 rings (SSSR count). The molecule has 0 heterocycles. The summed E-state index contributed by atoms with van der Waals surface area (Å²) < 4.78 is 1.48. The van der Waals surface area contributed by atoms with Gasteiger partial charge in [-0.05, 0) is 0 Å². The van der Waals surface area contributed by atoms with Gasteiger partial charge in [-0.1, -0.05) is 0 Å². The zero-order chi connectivity index (χ0) is 4.41. The Labute approximate surface area is 50.8 Å². The standard InChI is InChI=1S/C5H5Te/c6-5-3-1-2-4-5/h1-3H,4H2. The maximum absolute atomic E-state index is 2.16. The molecule has 1 radical (unpaired) electrons. The summed E-state index contributed by atoms with van der Waals surface area (Å²) in [7, 11) is 0. The first-order valence-electron chi connectivity index (χ1n) is 1.92. The van der Waals surface area contributed by atoms with Crippen molar-refractivity contribution in [3.05, 3.63) is 21.8 Å². The van der Waals surface area contributed by atoms with Crippen molar-refractivity contribution in [1.29, 1.82) is 0 Å². The van der Waals surface area contributed by atoms with Crippen molar-refractivity contribution in [3.8, 4) is 0 Å². The van der Waals surface area contributed by atoms with Gasteiger partial charge < -0.3 is 0 Å². The van der Waals surface area contributed by atoms with E-state index in [-0.39, 0.29) is 0 Å². The quantitative estimate of drug-likeness (QED) is 0.503. The van der Waals surface area contributed by atoms with Gasteiger partial charge in [0.1, 0.15) is 0 Å². The molecule has 0 saturated heterocycles. The maximum atomic E-state index is 2.16. The minimum atomic E-state index is 1.17. The van der Waals surface area contributed by atoms with Crippen molar-refractivity contribution in [2.24, 2.45) is 0 Å². The molecule has 1 aliphatic carbocycles. The predicted octanol–water partition coefficient (Wildman–Crippen LogP) is 0.999. The Morgan fingerprint density at radius 1 is 1.67 bits per heavy atom. The van der Waals surface area contributed by atoms with E-state index in [1.54, 1.807) is 0 Å². The number of rotatable bonds is 0. The van der Waals surface area contributed by atoms with Crippen molar-refractivity contribution < 1.29 is 0 Å². The molecular weight excluding hydrogens is 188 g/mol. The Balaban J connectivity index is 2.61. The van der Waals surface area contributed by atoms with E-state index in [2.05, 4.69) is 40.5 Å². The molecule has 0 nitrogen and oxygen atoms in total. The second-order valence-corrected chi connectivity index (χ2v) is 2.76. The van der Waals surface area contributed by atoms with Gasteiger partial charge in [-0.3, -0.25) is 0 Å². The van der Waals surface area contributed by atoms with Crippen molar-refractivity contribution >= 4 is 22.3 Å². The predicted molar refractivity (Wildman–Crippen MR) is 27.6 cm³/mol. The molecule has 0 aliphatic heterocycles. The van der Waals surface area contributed by atoms with E-state index < -0.39 is 0 Å². The SMILES string of the molecule is [Te]C1=CC=CC1. The first-order chi connectivity index (χ1) is 2.89. The third kappa shape index (κ3) is 0.864. The summed E-state index contributed by atoms with van der Waals surface area (Å²) >= 11 is 2.07. The fourth-order valence-electron chi connectivity index (χ4n) is 0.428. The third-order valence-corrected chi connectivity index (χ3v) is 1.60. The van der Waals surface area contributed by atoms with Gasteiger partial charge in [0.2, 0.25) is 0 Å². The number of allylic oxidation sites excluding steroid dienone is 4. The summed E-state index contributed by atoms with van der Waals surface area (Å²) in [6.07, 6.45) is 7.57. The summed E-state index contributed by atoms with van der Waals surface area (Å²) in [5, 5.41) is 0. The summed E-state index contributed by atoms with van der Waals surface area (Å²) in [4.78, 5) is 0. The van der Waals surface area contributed by atoms with Crippen LogP contribution in [0.3, 0.4) is 0 Å². The van der Waals surface area contributed by atoms with Gasteiger partial charge >= 0.3 is 50.6 Å². The Hall–Kier alpha value is 0.270. The van der Waals surface area contributed by atoms with E-state index >= 15 is 0 Å². The molecule has 0 aromatic carbocycles. The first kappa shape index (κ1) is 4.43. The normalized spacial score (nSPS) is 18.3. The monoisotopic (exact) mass is 195 g/mol. The number of hydrogen-bond donors (Lipinski definition) is 0. The fourth-order valence-corrected chi connectivity index (χ4v) is 0.926. The second-order valence-electron chi connectivity index (χ2n) is 1.27. The van der Waals surface area contributed by atoms with Crippen LogP contribution in [0.25, 0.3) is 0 Å². The van der Waals surface area contributed by atoms with Crippen LogP contribution in [0.15, 0.2) is 21.8 Å². The van der Waals surface area contributed by atoms with Crippen LogP contribution in [0.4, 0.5) is 0 Å². The number of hydrogen-bond acceptors (Lipinski definition) is 0. The molecule has 0 saturated carbocycles. The molecule has 6 heavy (non-hydrogen) atoms. The molecule has 0 atom stereocenters. The van der Waals surface area contributed by atoms with E-state index in [1.165, 1.54) is 10.0 Å². The zero-order valence-electron chi connectivity index (χ0n) is 3.35. The summed E-state index contributed by atoms with van der Waals surface area (Å²) in [5.74, 6) is 0. The van der Waals surface area contributed by atoms with E-state index in [4.69, 9.17) is 0 Å². The molecule has 0 spiro atoms. The molecular formula is C5H5Te. The van der Waals surface area contributed by atoms with Gasteiger partial charge in [0.25, 0.3) is 0 Å². The summed E-state index contributed by atoms with van der Waals surface area (Å²) in [6, 6.07) is 0. The molecule has 31 valence electrons. The van der Waals surface area contributed by atoms with Gasteiger partial charge in [-0.15, -0.1) is 0 Å². The van der Waals surface area contributed by atoms with Crippen LogP contribution < -0.4 is 0 Å². The molecule has 1 aliphatic rings. The zero-order valence-corrected chi connectivity index (χ0v) is 5.68. The Morgan fingerprint density at radius 3 is 2.67 bits per heavy atom. The van der Waals surface area contributed by atoms with Crippen LogP contribution in [0, 0.1) is 0 Å². The average Bonchev–Trinajstić information content (AvgIpc) is 1.86. The van der Waals surface area contributed by atoms with E-state index in [1.807, 2.05) is 0 Å². The third-order valence-electron chi connectivity index (χ3n) is 0.737. The molecule has 0 bridgehead atoms. The van der Waals surface area contributed by atoms with Crippen LogP contribution in [0.2, 0.25) is 0 Å². The fraction of sp³-hybridized carbons (Fsp3) is 0.200. The Morgan fingerprint density at radius 2 is 2.50 bits per heavy atom. The van der Waals surface area contributed by atoms with Gasteiger partial charge in [-0.2, -0.15) is 0 Å². The first-order valence-corrected chi connectivity index (χ1v) is 3.09. The topological polar surface area (TPSA) is 0 Å². The summed E-state index contributed by atoms with van der Waals surface area (Å²) in [5.41, 5.74) is 0. The van der Waals surface area contributed by atoms with Crippen LogP contribution >= 0.6 is 0 Å². The van der Waals surface area contributed by atoms with Crippen molar-refractivity contribution in [1.82, 2.24) is 0 Å². The molecule has 0 fully saturated rings. The average molecular weight is 193 g/mol. The van der Waals surface area contributed by atoms with E-state index in [0.29, 0.717) is 0 Å². The van der Waals surface area contributed by atoms with E-state index in [9.17, 15) is 0 Å². The summed E-state index contributed by atoms with van der Waals surface area (Å²) in [6.45, 7) is 0. The molecule has 1 heteroatoms. The Bertz CT molecular complexity index is 101. The molecule has 0 unspecified atom stereocenters. The minimum absolute atomic E-state index is 1.17. The van der Waals surface area contributed by atoms with Gasteiger partial charge in [0.15, 0.2) is 0 Å². The van der Waals surface area contributed by atoms with Crippen LogP contribution in [-0.4, -0.2) is 22.3 Å². The Kier molecular flexibility index (Phi) is 1.34. The molecule has 0 aromatic rings. The van der Waals surface area contributed by atoms with Gasteiger partial charge in [-0.25, -0.2) is 0 Å². The van der Waals surface area contributed by atoms with E-state index in [0.717, 1.165) is 0 Å². The van der Waals surface area contributed by atoms with Gasteiger partial charge in [0, 0.05) is 0 Å². The van der Waals surface area contributed by atoms with Crippen molar-refractivity contribution in [2.45, 2.75) is 6.42 Å².